The number of fused-ring (bicyclic) bond motifs is 1. The van der Waals surface area contributed by atoms with Gasteiger partial charge in [0.25, 0.3) is 5.91 Å². The summed E-state index contributed by atoms with van der Waals surface area (Å²) < 4.78 is 10.1. The number of rotatable bonds is 3. The molecule has 102 valence electrons. The van der Waals surface area contributed by atoms with Crippen molar-refractivity contribution >= 4 is 17.6 Å². The lowest BCUT2D eigenvalue weighted by atomic mass is 9.88. The molecule has 0 saturated carbocycles. The Balaban J connectivity index is 2.36. The molecular weight excluding hydrogens is 246 g/mol. The van der Waals surface area contributed by atoms with E-state index in [1.165, 1.54) is 7.11 Å². The van der Waals surface area contributed by atoms with Crippen LogP contribution in [-0.4, -0.2) is 25.6 Å². The number of carbonyl (C=O) groups is 2. The van der Waals surface area contributed by atoms with Gasteiger partial charge in [-0.2, -0.15) is 0 Å². The van der Waals surface area contributed by atoms with Crippen LogP contribution < -0.4 is 10.1 Å². The minimum atomic E-state index is -0.353. The number of carbonyl (C=O) groups excluding carboxylic acids is 2. The SMILES string of the molecule is COC(=O)C(c1ccc2c(c1)NC(=O)CO2)C(C)C. The smallest absolute Gasteiger partial charge is 0.313 e. The summed E-state index contributed by atoms with van der Waals surface area (Å²) in [6.45, 7) is 3.93. The Kier molecular flexibility index (Phi) is 3.74. The zero-order valence-corrected chi connectivity index (χ0v) is 11.2. The van der Waals surface area contributed by atoms with E-state index in [2.05, 4.69) is 5.32 Å². The fraction of sp³-hybridized carbons (Fsp3) is 0.429. The molecule has 1 aliphatic heterocycles. The average Bonchev–Trinajstić information content (AvgIpc) is 2.37. The fourth-order valence-electron chi connectivity index (χ4n) is 2.21. The van der Waals surface area contributed by atoms with E-state index in [4.69, 9.17) is 9.47 Å². The molecular formula is C14H17NO4. The van der Waals surface area contributed by atoms with Gasteiger partial charge in [0.15, 0.2) is 6.61 Å². The van der Waals surface area contributed by atoms with Gasteiger partial charge in [-0.3, -0.25) is 9.59 Å². The standard InChI is InChI=1S/C14H17NO4/c1-8(2)13(14(17)18-3)9-4-5-11-10(6-9)15-12(16)7-19-11/h4-6,8,13H,7H2,1-3H3,(H,15,16). The second-order valence-corrected chi connectivity index (χ2v) is 4.84. The summed E-state index contributed by atoms with van der Waals surface area (Å²) in [7, 11) is 1.38. The molecule has 1 aromatic carbocycles. The maximum absolute atomic E-state index is 11.8. The van der Waals surface area contributed by atoms with Crippen LogP contribution in [0.5, 0.6) is 5.75 Å². The molecule has 0 saturated heterocycles. The zero-order valence-electron chi connectivity index (χ0n) is 11.2. The Hall–Kier alpha value is -2.04. The number of benzene rings is 1. The third kappa shape index (κ3) is 2.70. The highest BCUT2D eigenvalue weighted by atomic mass is 16.5. The number of ether oxygens (including phenoxy) is 2. The molecule has 1 heterocycles. The third-order valence-electron chi connectivity index (χ3n) is 3.12. The van der Waals surface area contributed by atoms with Crippen LogP contribution in [0.25, 0.3) is 0 Å². The first-order chi connectivity index (χ1) is 9.02. The average molecular weight is 263 g/mol. The topological polar surface area (TPSA) is 64.6 Å². The molecule has 0 spiro atoms. The van der Waals surface area contributed by atoms with Gasteiger partial charge in [0.1, 0.15) is 5.75 Å². The molecule has 1 aliphatic rings. The predicted octanol–water partition coefficient (Wildman–Crippen LogP) is 1.93. The molecule has 1 amide bonds. The summed E-state index contributed by atoms with van der Waals surface area (Å²) in [6, 6.07) is 5.37. The second kappa shape index (κ2) is 5.30. The molecule has 1 aromatic rings. The first-order valence-electron chi connectivity index (χ1n) is 6.17. The minimum Gasteiger partial charge on any atom is -0.482 e. The molecule has 1 N–H and O–H groups in total. The first kappa shape index (κ1) is 13.4. The highest BCUT2D eigenvalue weighted by molar-refractivity contribution is 5.95. The van der Waals surface area contributed by atoms with Crippen molar-refractivity contribution in [3.05, 3.63) is 23.8 Å². The summed E-state index contributed by atoms with van der Waals surface area (Å²) in [6.07, 6.45) is 0. The van der Waals surface area contributed by atoms with Gasteiger partial charge in [-0.25, -0.2) is 0 Å². The number of methoxy groups -OCH3 is 1. The molecule has 0 radical (unpaired) electrons. The van der Waals surface area contributed by atoms with Crippen molar-refractivity contribution in [3.8, 4) is 5.75 Å². The van der Waals surface area contributed by atoms with Crippen molar-refractivity contribution in [2.24, 2.45) is 5.92 Å². The molecule has 1 unspecified atom stereocenters. The van der Waals surface area contributed by atoms with Gasteiger partial charge in [-0.05, 0) is 23.6 Å². The molecule has 5 heteroatoms. The molecule has 19 heavy (non-hydrogen) atoms. The van der Waals surface area contributed by atoms with E-state index < -0.39 is 0 Å². The van der Waals surface area contributed by atoms with Crippen LogP contribution in [0, 0.1) is 5.92 Å². The Morgan fingerprint density at radius 3 is 2.79 bits per heavy atom. The van der Waals surface area contributed by atoms with Crippen LogP contribution in [-0.2, 0) is 14.3 Å². The molecule has 2 rings (SSSR count). The van der Waals surface area contributed by atoms with E-state index in [0.717, 1.165) is 5.56 Å². The Morgan fingerprint density at radius 2 is 2.16 bits per heavy atom. The van der Waals surface area contributed by atoms with Crippen molar-refractivity contribution in [1.82, 2.24) is 0 Å². The van der Waals surface area contributed by atoms with Crippen LogP contribution in [0.1, 0.15) is 25.3 Å². The van der Waals surface area contributed by atoms with E-state index in [1.54, 1.807) is 12.1 Å². The van der Waals surface area contributed by atoms with Gasteiger partial charge < -0.3 is 14.8 Å². The van der Waals surface area contributed by atoms with Gasteiger partial charge in [0.05, 0.1) is 18.7 Å². The van der Waals surface area contributed by atoms with Crippen molar-refractivity contribution in [3.63, 3.8) is 0 Å². The van der Waals surface area contributed by atoms with Crippen molar-refractivity contribution in [1.29, 1.82) is 0 Å². The van der Waals surface area contributed by atoms with E-state index in [1.807, 2.05) is 19.9 Å². The Labute approximate surface area is 111 Å². The monoisotopic (exact) mass is 263 g/mol. The Morgan fingerprint density at radius 1 is 1.42 bits per heavy atom. The number of nitrogens with one attached hydrogen (secondary N) is 1. The zero-order chi connectivity index (χ0) is 14.0. The minimum absolute atomic E-state index is 0.0248. The lowest BCUT2D eigenvalue weighted by Gasteiger charge is -2.22. The maximum atomic E-state index is 11.8. The van der Waals surface area contributed by atoms with E-state index >= 15 is 0 Å². The normalized spacial score (nSPS) is 15.3. The molecule has 0 bridgehead atoms. The highest BCUT2D eigenvalue weighted by Gasteiger charge is 2.27. The number of esters is 1. The van der Waals surface area contributed by atoms with Gasteiger partial charge in [-0.1, -0.05) is 19.9 Å². The molecule has 0 fully saturated rings. The van der Waals surface area contributed by atoms with Gasteiger partial charge in [0.2, 0.25) is 0 Å². The van der Waals surface area contributed by atoms with Gasteiger partial charge in [0, 0.05) is 0 Å². The molecule has 5 nitrogen and oxygen atoms in total. The summed E-state index contributed by atoms with van der Waals surface area (Å²) in [5.41, 5.74) is 1.41. The number of anilines is 1. The van der Waals surface area contributed by atoms with Gasteiger partial charge in [-0.15, -0.1) is 0 Å². The van der Waals surface area contributed by atoms with Gasteiger partial charge >= 0.3 is 5.97 Å². The van der Waals surface area contributed by atoms with Crippen LogP contribution in [0.2, 0.25) is 0 Å². The number of hydrogen-bond donors (Lipinski definition) is 1. The summed E-state index contributed by atoms with van der Waals surface area (Å²) in [5.74, 6) is -0.0996. The van der Waals surface area contributed by atoms with E-state index in [-0.39, 0.29) is 30.3 Å². The van der Waals surface area contributed by atoms with Crippen LogP contribution in [0.4, 0.5) is 5.69 Å². The third-order valence-corrected chi connectivity index (χ3v) is 3.12. The molecule has 0 aliphatic carbocycles. The van der Waals surface area contributed by atoms with Crippen molar-refractivity contribution in [2.75, 3.05) is 19.0 Å². The molecule has 0 aromatic heterocycles. The number of amides is 1. The quantitative estimate of drug-likeness (QED) is 0.846. The summed E-state index contributed by atoms with van der Waals surface area (Å²) in [4.78, 5) is 23.1. The Bertz CT molecular complexity index is 510. The van der Waals surface area contributed by atoms with Crippen molar-refractivity contribution < 1.29 is 19.1 Å². The van der Waals surface area contributed by atoms with Crippen molar-refractivity contribution in [2.45, 2.75) is 19.8 Å². The van der Waals surface area contributed by atoms with E-state index in [0.29, 0.717) is 11.4 Å². The van der Waals surface area contributed by atoms with Crippen LogP contribution in [0.15, 0.2) is 18.2 Å². The van der Waals surface area contributed by atoms with Crippen LogP contribution in [0.3, 0.4) is 0 Å². The predicted molar refractivity (Wildman–Crippen MR) is 70.2 cm³/mol. The lowest BCUT2D eigenvalue weighted by Crippen LogP contribution is -2.26. The number of hydrogen-bond acceptors (Lipinski definition) is 4. The fourth-order valence-corrected chi connectivity index (χ4v) is 2.21. The first-order valence-corrected chi connectivity index (χ1v) is 6.17. The summed E-state index contributed by atoms with van der Waals surface area (Å²) in [5, 5.41) is 2.73. The maximum Gasteiger partial charge on any atom is 0.313 e. The van der Waals surface area contributed by atoms with E-state index in [9.17, 15) is 9.59 Å². The largest absolute Gasteiger partial charge is 0.482 e. The summed E-state index contributed by atoms with van der Waals surface area (Å²) >= 11 is 0. The highest BCUT2D eigenvalue weighted by Crippen LogP contribution is 2.34. The molecule has 1 atom stereocenters. The lowest BCUT2D eigenvalue weighted by molar-refractivity contribution is -0.143. The van der Waals surface area contributed by atoms with Crippen LogP contribution >= 0.6 is 0 Å². The second-order valence-electron chi connectivity index (χ2n) is 4.84.